The van der Waals surface area contributed by atoms with Crippen LogP contribution in [0.3, 0.4) is 0 Å². The maximum Gasteiger partial charge on any atom is 0.265 e. The van der Waals surface area contributed by atoms with Gasteiger partial charge in [0.25, 0.3) is 5.91 Å². The Bertz CT molecular complexity index is 584. The van der Waals surface area contributed by atoms with E-state index in [1.807, 2.05) is 32.2 Å². The molecule has 5 nitrogen and oxygen atoms in total. The van der Waals surface area contributed by atoms with Crippen LogP contribution < -0.4 is 10.2 Å². The lowest BCUT2D eigenvalue weighted by Crippen LogP contribution is -2.40. The van der Waals surface area contributed by atoms with Crippen molar-refractivity contribution in [3.05, 3.63) is 40.9 Å². The minimum Gasteiger partial charge on any atom is -0.370 e. The van der Waals surface area contributed by atoms with E-state index in [0.29, 0.717) is 11.4 Å². The summed E-state index contributed by atoms with van der Waals surface area (Å²) in [6, 6.07) is 10.3. The Morgan fingerprint density at radius 1 is 1.38 bits per heavy atom. The van der Waals surface area contributed by atoms with Gasteiger partial charge in [-0.25, -0.2) is 0 Å². The zero-order chi connectivity index (χ0) is 15.2. The standard InChI is InChI=1S/C15H20N4OS/c1-4-13-14(21-18-17-13)15(20)16-10-11(2)19(3)12-8-6-5-7-9-12/h5-9,11H,4,10H2,1-3H3,(H,16,20)/t11-/m1/s1. The summed E-state index contributed by atoms with van der Waals surface area (Å²) in [7, 11) is 2.03. The monoisotopic (exact) mass is 304 g/mol. The van der Waals surface area contributed by atoms with Gasteiger partial charge >= 0.3 is 0 Å². The van der Waals surface area contributed by atoms with Crippen LogP contribution in [-0.2, 0) is 6.42 Å². The summed E-state index contributed by atoms with van der Waals surface area (Å²) in [5, 5.41) is 6.92. The highest BCUT2D eigenvalue weighted by molar-refractivity contribution is 7.08. The number of benzene rings is 1. The SMILES string of the molecule is CCc1nnsc1C(=O)NC[C@@H](C)N(C)c1ccccc1. The summed E-state index contributed by atoms with van der Waals surface area (Å²) in [5.41, 5.74) is 1.90. The molecule has 112 valence electrons. The third-order valence-electron chi connectivity index (χ3n) is 3.48. The van der Waals surface area contributed by atoms with E-state index in [0.717, 1.165) is 29.3 Å². The summed E-state index contributed by atoms with van der Waals surface area (Å²) >= 11 is 1.15. The fraction of sp³-hybridized carbons (Fsp3) is 0.400. The first-order chi connectivity index (χ1) is 10.1. The molecule has 1 atom stereocenters. The fourth-order valence-electron chi connectivity index (χ4n) is 1.99. The third kappa shape index (κ3) is 3.78. The molecule has 1 N–H and O–H groups in total. The predicted octanol–water partition coefficient (Wildman–Crippen LogP) is 2.36. The number of likely N-dealkylation sites (N-methyl/N-ethyl adjacent to an activating group) is 1. The molecule has 0 saturated heterocycles. The van der Waals surface area contributed by atoms with Gasteiger partial charge in [0.15, 0.2) is 0 Å². The van der Waals surface area contributed by atoms with Crippen molar-refractivity contribution in [1.29, 1.82) is 0 Å². The summed E-state index contributed by atoms with van der Waals surface area (Å²) < 4.78 is 3.84. The van der Waals surface area contributed by atoms with Gasteiger partial charge in [0.05, 0.1) is 5.69 Å². The highest BCUT2D eigenvalue weighted by Crippen LogP contribution is 2.14. The number of carbonyl (C=O) groups is 1. The Labute approximate surface area is 129 Å². The molecular formula is C15H20N4OS. The first-order valence-corrected chi connectivity index (χ1v) is 7.78. The van der Waals surface area contributed by atoms with Crippen molar-refractivity contribution in [2.75, 3.05) is 18.5 Å². The van der Waals surface area contributed by atoms with Crippen LogP contribution in [0.2, 0.25) is 0 Å². The zero-order valence-corrected chi connectivity index (χ0v) is 13.4. The van der Waals surface area contributed by atoms with E-state index >= 15 is 0 Å². The van der Waals surface area contributed by atoms with Crippen LogP contribution >= 0.6 is 11.5 Å². The van der Waals surface area contributed by atoms with Gasteiger partial charge in [-0.3, -0.25) is 4.79 Å². The molecule has 6 heteroatoms. The lowest BCUT2D eigenvalue weighted by atomic mass is 10.2. The van der Waals surface area contributed by atoms with E-state index in [4.69, 9.17) is 0 Å². The average Bonchev–Trinajstić information content (AvgIpc) is 3.01. The molecule has 0 aliphatic heterocycles. The molecule has 0 unspecified atom stereocenters. The number of amides is 1. The van der Waals surface area contributed by atoms with E-state index in [-0.39, 0.29) is 11.9 Å². The second-order valence-corrected chi connectivity index (χ2v) is 5.66. The van der Waals surface area contributed by atoms with Gasteiger partial charge in [-0.15, -0.1) is 5.10 Å². The molecule has 1 amide bonds. The van der Waals surface area contributed by atoms with Gasteiger partial charge in [-0.1, -0.05) is 29.6 Å². The Kier molecular flexibility index (Phi) is 5.27. The van der Waals surface area contributed by atoms with Crippen LogP contribution in [0.25, 0.3) is 0 Å². The normalized spacial score (nSPS) is 12.0. The van der Waals surface area contributed by atoms with Crippen LogP contribution in [0.4, 0.5) is 5.69 Å². The molecule has 2 rings (SSSR count). The van der Waals surface area contributed by atoms with Gasteiger partial charge in [0, 0.05) is 25.3 Å². The molecule has 0 aliphatic carbocycles. The largest absolute Gasteiger partial charge is 0.370 e. The zero-order valence-electron chi connectivity index (χ0n) is 12.5. The molecule has 1 aromatic carbocycles. The van der Waals surface area contributed by atoms with Gasteiger partial charge in [-0.2, -0.15) is 0 Å². The van der Waals surface area contributed by atoms with Crippen molar-refractivity contribution in [2.45, 2.75) is 26.3 Å². The van der Waals surface area contributed by atoms with Gasteiger partial charge < -0.3 is 10.2 Å². The molecule has 0 spiro atoms. The fourth-order valence-corrected chi connectivity index (χ4v) is 2.65. The number of anilines is 1. The minimum atomic E-state index is -0.0878. The van der Waals surface area contributed by atoms with E-state index in [2.05, 4.69) is 38.9 Å². The number of para-hydroxylation sites is 1. The number of nitrogens with one attached hydrogen (secondary N) is 1. The molecule has 0 bridgehead atoms. The van der Waals surface area contributed by atoms with Crippen molar-refractivity contribution in [1.82, 2.24) is 14.9 Å². The highest BCUT2D eigenvalue weighted by Gasteiger charge is 2.16. The van der Waals surface area contributed by atoms with Crippen molar-refractivity contribution < 1.29 is 4.79 Å². The van der Waals surface area contributed by atoms with Crippen LogP contribution in [0, 0.1) is 0 Å². The van der Waals surface area contributed by atoms with E-state index in [1.165, 1.54) is 0 Å². The lowest BCUT2D eigenvalue weighted by molar-refractivity contribution is 0.0954. The van der Waals surface area contributed by atoms with Crippen molar-refractivity contribution in [2.24, 2.45) is 0 Å². The molecule has 2 aromatic rings. The van der Waals surface area contributed by atoms with E-state index < -0.39 is 0 Å². The van der Waals surface area contributed by atoms with Crippen LogP contribution in [0.1, 0.15) is 29.2 Å². The minimum absolute atomic E-state index is 0.0878. The second kappa shape index (κ2) is 7.17. The van der Waals surface area contributed by atoms with Crippen LogP contribution in [0.15, 0.2) is 30.3 Å². The number of hydrogen-bond acceptors (Lipinski definition) is 5. The number of aryl methyl sites for hydroxylation is 1. The Balaban J connectivity index is 1.92. The number of rotatable bonds is 6. The summed E-state index contributed by atoms with van der Waals surface area (Å²) in [5.74, 6) is -0.0878. The quantitative estimate of drug-likeness (QED) is 0.890. The van der Waals surface area contributed by atoms with Gasteiger partial charge in [0.1, 0.15) is 4.88 Å². The third-order valence-corrected chi connectivity index (χ3v) is 4.25. The molecule has 1 aromatic heterocycles. The average molecular weight is 304 g/mol. The molecule has 1 heterocycles. The second-order valence-electron chi connectivity index (χ2n) is 4.91. The van der Waals surface area contributed by atoms with Gasteiger partial charge in [-0.05, 0) is 37.0 Å². The molecule has 0 aliphatic rings. The van der Waals surface area contributed by atoms with Gasteiger partial charge in [0.2, 0.25) is 0 Å². The van der Waals surface area contributed by atoms with Crippen molar-refractivity contribution >= 4 is 23.1 Å². The molecule has 0 saturated carbocycles. The summed E-state index contributed by atoms with van der Waals surface area (Å²) in [4.78, 5) is 14.9. The number of hydrogen-bond donors (Lipinski definition) is 1. The molecule has 0 fully saturated rings. The first kappa shape index (κ1) is 15.4. The molecule has 21 heavy (non-hydrogen) atoms. The lowest BCUT2D eigenvalue weighted by Gasteiger charge is -2.27. The van der Waals surface area contributed by atoms with E-state index in [1.54, 1.807) is 0 Å². The maximum atomic E-state index is 12.1. The van der Waals surface area contributed by atoms with Crippen LogP contribution in [-0.4, -0.2) is 35.1 Å². The Hall–Kier alpha value is -1.95. The number of carbonyl (C=O) groups excluding carboxylic acids is 1. The highest BCUT2D eigenvalue weighted by atomic mass is 32.1. The Morgan fingerprint density at radius 2 is 2.10 bits per heavy atom. The number of nitrogens with zero attached hydrogens (tertiary/aromatic N) is 3. The predicted molar refractivity (Wildman–Crippen MR) is 85.9 cm³/mol. The smallest absolute Gasteiger partial charge is 0.265 e. The summed E-state index contributed by atoms with van der Waals surface area (Å²) in [6.45, 7) is 4.63. The molecule has 0 radical (unpaired) electrons. The number of aromatic nitrogens is 2. The van der Waals surface area contributed by atoms with Crippen LogP contribution in [0.5, 0.6) is 0 Å². The first-order valence-electron chi connectivity index (χ1n) is 7.00. The summed E-state index contributed by atoms with van der Waals surface area (Å²) in [6.07, 6.45) is 0.721. The van der Waals surface area contributed by atoms with Crippen molar-refractivity contribution in [3.63, 3.8) is 0 Å². The maximum absolute atomic E-state index is 12.1. The van der Waals surface area contributed by atoms with E-state index in [9.17, 15) is 4.79 Å². The van der Waals surface area contributed by atoms with Crippen molar-refractivity contribution in [3.8, 4) is 0 Å². The molecular weight excluding hydrogens is 284 g/mol. The topological polar surface area (TPSA) is 58.1 Å². The Morgan fingerprint density at radius 3 is 2.76 bits per heavy atom.